The van der Waals surface area contributed by atoms with Gasteiger partial charge in [-0.1, -0.05) is 23.2 Å². The van der Waals surface area contributed by atoms with Crippen LogP contribution in [0.25, 0.3) is 11.2 Å². The van der Waals surface area contributed by atoms with Gasteiger partial charge in [0.25, 0.3) is 0 Å². The standard InChI is InChI=1S/C23H24Cl2F3N7O2/c24-15-7-12(23(26,27)28)8-16(25)18(15)33-22-32-17-9-30-21(31-13-5-6-37-10-13)34-20(17)35(22)14-3-1-11(2-4-14)19(29)36/h7-9,11,13-14H,1-6,10H2,(H2,29,36)(H,32,33)(H,30,31,34). The van der Waals surface area contributed by atoms with Crippen molar-refractivity contribution in [2.45, 2.75) is 50.4 Å². The third-order valence-electron chi connectivity index (χ3n) is 6.77. The molecule has 1 saturated carbocycles. The minimum Gasteiger partial charge on any atom is -0.379 e. The molecular weight excluding hydrogens is 534 g/mol. The Kier molecular flexibility index (Phi) is 7.08. The maximum absolute atomic E-state index is 13.2. The minimum absolute atomic E-state index is 0.0854. The Morgan fingerprint density at radius 2 is 1.81 bits per heavy atom. The topological polar surface area (TPSA) is 120 Å². The summed E-state index contributed by atoms with van der Waals surface area (Å²) in [6.07, 6.45) is 0.258. The van der Waals surface area contributed by atoms with Crippen LogP contribution in [0.2, 0.25) is 10.0 Å². The zero-order chi connectivity index (χ0) is 26.3. The van der Waals surface area contributed by atoms with Gasteiger partial charge in [0.05, 0.1) is 40.1 Å². The van der Waals surface area contributed by atoms with Gasteiger partial charge in [-0.3, -0.25) is 9.36 Å². The number of imidazole rings is 1. The van der Waals surface area contributed by atoms with Gasteiger partial charge < -0.3 is 21.1 Å². The molecule has 14 heteroatoms. The first kappa shape index (κ1) is 25.8. The van der Waals surface area contributed by atoms with Crippen molar-refractivity contribution in [1.29, 1.82) is 0 Å². The number of hydrogen-bond donors (Lipinski definition) is 3. The summed E-state index contributed by atoms with van der Waals surface area (Å²) in [5.74, 6) is 0.169. The highest BCUT2D eigenvalue weighted by Crippen LogP contribution is 2.42. The molecule has 1 unspecified atom stereocenters. The number of rotatable bonds is 6. The van der Waals surface area contributed by atoms with Crippen molar-refractivity contribution in [2.75, 3.05) is 23.8 Å². The van der Waals surface area contributed by atoms with E-state index in [0.29, 0.717) is 62.0 Å². The number of carbonyl (C=O) groups excluding carboxylic acids is 1. The maximum Gasteiger partial charge on any atom is 0.416 e. The van der Waals surface area contributed by atoms with Crippen LogP contribution in [0.4, 0.5) is 30.8 Å². The largest absolute Gasteiger partial charge is 0.416 e. The summed E-state index contributed by atoms with van der Waals surface area (Å²) in [5.41, 5.74) is 5.65. The Hall–Kier alpha value is -2.83. The van der Waals surface area contributed by atoms with Gasteiger partial charge in [0.1, 0.15) is 5.52 Å². The van der Waals surface area contributed by atoms with Crippen molar-refractivity contribution in [3.8, 4) is 0 Å². The average molecular weight is 558 g/mol. The molecule has 1 saturated heterocycles. The number of primary amides is 1. The number of benzene rings is 1. The minimum atomic E-state index is -4.60. The van der Waals surface area contributed by atoms with Crippen LogP contribution in [0, 0.1) is 5.92 Å². The average Bonchev–Trinajstić information content (AvgIpc) is 3.48. The van der Waals surface area contributed by atoms with E-state index >= 15 is 0 Å². The number of ether oxygens (including phenoxy) is 1. The number of carbonyl (C=O) groups is 1. The summed E-state index contributed by atoms with van der Waals surface area (Å²) in [7, 11) is 0. The van der Waals surface area contributed by atoms with E-state index in [4.69, 9.17) is 38.7 Å². The maximum atomic E-state index is 13.2. The zero-order valence-electron chi connectivity index (χ0n) is 19.5. The molecule has 1 aromatic carbocycles. The predicted octanol–water partition coefficient (Wildman–Crippen LogP) is 5.31. The van der Waals surface area contributed by atoms with E-state index < -0.39 is 11.7 Å². The molecule has 3 heterocycles. The van der Waals surface area contributed by atoms with E-state index in [2.05, 4.69) is 20.6 Å². The number of anilines is 3. The van der Waals surface area contributed by atoms with E-state index in [1.54, 1.807) is 6.20 Å². The Balaban J connectivity index is 1.53. The Labute approximate surface area is 219 Å². The molecule has 0 bridgehead atoms. The van der Waals surface area contributed by atoms with Crippen LogP contribution in [0.15, 0.2) is 18.3 Å². The van der Waals surface area contributed by atoms with Crippen LogP contribution in [-0.2, 0) is 15.7 Å². The lowest BCUT2D eigenvalue weighted by Crippen LogP contribution is -2.29. The Morgan fingerprint density at radius 3 is 2.41 bits per heavy atom. The summed E-state index contributed by atoms with van der Waals surface area (Å²) < 4.78 is 46.9. The molecule has 37 heavy (non-hydrogen) atoms. The number of fused-ring (bicyclic) bond motifs is 1. The van der Waals surface area contributed by atoms with Gasteiger partial charge in [-0.15, -0.1) is 0 Å². The molecule has 0 radical (unpaired) electrons. The number of nitrogens with two attached hydrogens (primary N) is 1. The second kappa shape index (κ2) is 10.1. The second-order valence-electron chi connectivity index (χ2n) is 9.26. The van der Waals surface area contributed by atoms with Gasteiger partial charge in [-0.25, -0.2) is 9.97 Å². The monoisotopic (exact) mass is 557 g/mol. The van der Waals surface area contributed by atoms with E-state index in [0.717, 1.165) is 18.6 Å². The fourth-order valence-electron chi connectivity index (χ4n) is 4.81. The van der Waals surface area contributed by atoms with Crippen LogP contribution < -0.4 is 16.4 Å². The van der Waals surface area contributed by atoms with Gasteiger partial charge in [0, 0.05) is 18.6 Å². The normalized spacial score (nSPS) is 22.4. The summed E-state index contributed by atoms with van der Waals surface area (Å²) in [6.45, 7) is 1.21. The summed E-state index contributed by atoms with van der Waals surface area (Å²) in [5, 5.41) is 5.88. The third kappa shape index (κ3) is 5.41. The van der Waals surface area contributed by atoms with Crippen molar-refractivity contribution in [3.05, 3.63) is 33.9 Å². The van der Waals surface area contributed by atoms with E-state index in [1.807, 2.05) is 4.57 Å². The number of nitrogens with one attached hydrogen (secondary N) is 2. The van der Waals surface area contributed by atoms with Crippen molar-refractivity contribution < 1.29 is 22.7 Å². The summed E-state index contributed by atoms with van der Waals surface area (Å²) in [4.78, 5) is 25.4. The Bertz CT molecular complexity index is 1300. The zero-order valence-corrected chi connectivity index (χ0v) is 21.0. The molecular formula is C23H24Cl2F3N7O2. The molecule has 1 aliphatic carbocycles. The molecule has 2 aliphatic rings. The second-order valence-corrected chi connectivity index (χ2v) is 10.1. The summed E-state index contributed by atoms with van der Waals surface area (Å²) in [6, 6.07) is 1.61. The molecule has 1 atom stereocenters. The van der Waals surface area contributed by atoms with Crippen molar-refractivity contribution >= 4 is 57.9 Å². The number of nitrogens with zero attached hydrogens (tertiary/aromatic N) is 4. The first-order chi connectivity index (χ1) is 17.6. The highest BCUT2D eigenvalue weighted by atomic mass is 35.5. The molecule has 4 N–H and O–H groups in total. The van der Waals surface area contributed by atoms with Crippen LogP contribution in [0.1, 0.15) is 43.7 Å². The number of alkyl halides is 3. The lowest BCUT2D eigenvalue weighted by molar-refractivity contribution is -0.137. The smallest absolute Gasteiger partial charge is 0.379 e. The third-order valence-corrected chi connectivity index (χ3v) is 7.36. The molecule has 1 amide bonds. The number of aromatic nitrogens is 4. The fraction of sp³-hybridized carbons (Fsp3) is 0.478. The van der Waals surface area contributed by atoms with Gasteiger partial charge in [-0.05, 0) is 44.2 Å². The molecule has 9 nitrogen and oxygen atoms in total. The van der Waals surface area contributed by atoms with Gasteiger partial charge in [-0.2, -0.15) is 18.2 Å². The lowest BCUT2D eigenvalue weighted by atomic mass is 9.85. The lowest BCUT2D eigenvalue weighted by Gasteiger charge is -2.29. The van der Waals surface area contributed by atoms with Crippen molar-refractivity contribution in [2.24, 2.45) is 11.7 Å². The van der Waals surface area contributed by atoms with Crippen molar-refractivity contribution in [3.63, 3.8) is 0 Å². The molecule has 198 valence electrons. The quantitative estimate of drug-likeness (QED) is 0.375. The van der Waals surface area contributed by atoms with Gasteiger partial charge >= 0.3 is 6.18 Å². The van der Waals surface area contributed by atoms with E-state index in [9.17, 15) is 18.0 Å². The van der Waals surface area contributed by atoms with Crippen LogP contribution in [0.3, 0.4) is 0 Å². The molecule has 3 aromatic rings. The number of amides is 1. The highest BCUT2D eigenvalue weighted by molar-refractivity contribution is 6.39. The molecule has 2 fully saturated rings. The highest BCUT2D eigenvalue weighted by Gasteiger charge is 2.33. The molecule has 1 aliphatic heterocycles. The van der Waals surface area contributed by atoms with E-state index in [1.165, 1.54) is 0 Å². The first-order valence-electron chi connectivity index (χ1n) is 11.8. The van der Waals surface area contributed by atoms with Crippen LogP contribution >= 0.6 is 23.2 Å². The van der Waals surface area contributed by atoms with Crippen LogP contribution in [-0.4, -0.2) is 44.7 Å². The molecule has 5 rings (SSSR count). The molecule has 0 spiro atoms. The summed E-state index contributed by atoms with van der Waals surface area (Å²) >= 11 is 12.4. The predicted molar refractivity (Wildman–Crippen MR) is 133 cm³/mol. The van der Waals surface area contributed by atoms with Gasteiger partial charge in [0.15, 0.2) is 5.65 Å². The van der Waals surface area contributed by atoms with E-state index in [-0.39, 0.29) is 39.6 Å². The molecule has 2 aromatic heterocycles. The van der Waals surface area contributed by atoms with Crippen LogP contribution in [0.5, 0.6) is 0 Å². The fourth-order valence-corrected chi connectivity index (χ4v) is 5.39. The number of halogens is 5. The van der Waals surface area contributed by atoms with Crippen molar-refractivity contribution in [1.82, 2.24) is 19.5 Å². The van der Waals surface area contributed by atoms with Gasteiger partial charge in [0.2, 0.25) is 17.8 Å². The SMILES string of the molecule is NC(=O)C1CCC(n2c(Nc3c(Cl)cc(C(F)(F)F)cc3Cl)nc3cnc(NC4CCOC4)nc32)CC1. The first-order valence-corrected chi connectivity index (χ1v) is 12.6. The number of hydrogen-bond acceptors (Lipinski definition) is 7. The Morgan fingerprint density at radius 1 is 1.11 bits per heavy atom.